The molecule has 50 valence electrons. The summed E-state index contributed by atoms with van der Waals surface area (Å²) < 4.78 is 13.0. The molecule has 0 nitrogen and oxygen atoms in total. The maximum atomic E-state index is 12.7. The number of hydrogen-bond acceptors (Lipinski definition) is 0. The maximum Gasteiger partial charge on any atom is 0.104 e. The van der Waals surface area contributed by atoms with E-state index in [1.54, 1.807) is 6.92 Å². The Morgan fingerprint density at radius 2 is 2.44 bits per heavy atom. The van der Waals surface area contributed by atoms with Crippen molar-refractivity contribution in [3.05, 3.63) is 23.6 Å². The van der Waals surface area contributed by atoms with Crippen LogP contribution < -0.4 is 0 Å². The van der Waals surface area contributed by atoms with Crippen molar-refractivity contribution in [1.29, 1.82) is 0 Å². The first kappa shape index (κ1) is 7.25. The van der Waals surface area contributed by atoms with Gasteiger partial charge in [0.15, 0.2) is 0 Å². The van der Waals surface area contributed by atoms with Crippen LogP contribution in [0.5, 0.6) is 0 Å². The summed E-state index contributed by atoms with van der Waals surface area (Å²) in [5, 5.41) is 0. The van der Waals surface area contributed by atoms with Crippen molar-refractivity contribution < 1.29 is 4.39 Å². The molecule has 0 saturated heterocycles. The lowest BCUT2D eigenvalue weighted by Gasteiger charge is -2.09. The quantitative estimate of drug-likeness (QED) is 0.449. The summed E-state index contributed by atoms with van der Waals surface area (Å²) in [6.07, 6.45) is 4.44. The Balaban J connectivity index is 2.75. The summed E-state index contributed by atoms with van der Waals surface area (Å²) in [6.45, 7) is 1.80. The van der Waals surface area contributed by atoms with Crippen molar-refractivity contribution in [2.24, 2.45) is 0 Å². The highest BCUT2D eigenvalue weighted by Gasteiger charge is 2.09. The highest BCUT2D eigenvalue weighted by molar-refractivity contribution is 14.1. The molecule has 0 radical (unpaired) electrons. The Bertz CT molecular complexity index is 170. The molecule has 0 heterocycles. The lowest BCUT2D eigenvalue weighted by Crippen LogP contribution is -1.98. The first-order valence-electron chi connectivity index (χ1n) is 2.87. The SMILES string of the molecule is CC1=C(F)CC(I)C=C1. The number of rotatable bonds is 0. The normalized spacial score (nSPS) is 27.2. The van der Waals surface area contributed by atoms with Crippen LogP contribution in [0.2, 0.25) is 0 Å². The second-order valence-electron chi connectivity index (χ2n) is 2.17. The fourth-order valence-electron chi connectivity index (χ4n) is 0.739. The predicted octanol–water partition coefficient (Wildman–Crippen LogP) is 2.99. The lowest BCUT2D eigenvalue weighted by molar-refractivity contribution is 0.584. The molecule has 0 aliphatic heterocycles. The number of halogens is 2. The molecule has 0 spiro atoms. The van der Waals surface area contributed by atoms with Crippen molar-refractivity contribution in [3.8, 4) is 0 Å². The largest absolute Gasteiger partial charge is 0.211 e. The summed E-state index contributed by atoms with van der Waals surface area (Å²) >= 11 is 2.22. The number of alkyl halides is 1. The Morgan fingerprint density at radius 1 is 1.78 bits per heavy atom. The summed E-state index contributed by atoms with van der Waals surface area (Å²) in [6, 6.07) is 0. The van der Waals surface area contributed by atoms with Crippen molar-refractivity contribution in [3.63, 3.8) is 0 Å². The number of allylic oxidation sites excluding steroid dienone is 4. The van der Waals surface area contributed by atoms with Crippen LogP contribution in [0, 0.1) is 0 Å². The van der Waals surface area contributed by atoms with Gasteiger partial charge >= 0.3 is 0 Å². The average Bonchev–Trinajstić information content (AvgIpc) is 1.80. The topological polar surface area (TPSA) is 0 Å². The Kier molecular flexibility index (Phi) is 2.27. The first-order valence-corrected chi connectivity index (χ1v) is 4.12. The predicted molar refractivity (Wildman–Crippen MR) is 45.4 cm³/mol. The van der Waals surface area contributed by atoms with Crippen LogP contribution in [0.15, 0.2) is 23.6 Å². The molecule has 9 heavy (non-hydrogen) atoms. The molecule has 0 N–H and O–H groups in total. The summed E-state index contributed by atoms with van der Waals surface area (Å²) in [5.41, 5.74) is 0.780. The molecule has 0 saturated carbocycles. The summed E-state index contributed by atoms with van der Waals surface area (Å²) in [7, 11) is 0. The van der Waals surface area contributed by atoms with Crippen LogP contribution in [0.3, 0.4) is 0 Å². The molecule has 0 aromatic rings. The molecule has 0 fully saturated rings. The van der Waals surface area contributed by atoms with Crippen LogP contribution in [0.1, 0.15) is 13.3 Å². The van der Waals surface area contributed by atoms with Gasteiger partial charge in [-0.05, 0) is 12.5 Å². The molecule has 0 aromatic carbocycles. The van der Waals surface area contributed by atoms with E-state index in [9.17, 15) is 4.39 Å². The first-order chi connectivity index (χ1) is 4.20. The molecule has 0 bridgehead atoms. The Labute approximate surface area is 68.0 Å². The third-order valence-corrected chi connectivity index (χ3v) is 2.21. The Morgan fingerprint density at radius 3 is 2.89 bits per heavy atom. The van der Waals surface area contributed by atoms with E-state index in [2.05, 4.69) is 22.6 Å². The van der Waals surface area contributed by atoms with E-state index in [4.69, 9.17) is 0 Å². The zero-order valence-corrected chi connectivity index (χ0v) is 7.35. The van der Waals surface area contributed by atoms with Gasteiger partial charge in [-0.2, -0.15) is 0 Å². The van der Waals surface area contributed by atoms with Gasteiger partial charge in [-0.3, -0.25) is 0 Å². The van der Waals surface area contributed by atoms with E-state index in [0.717, 1.165) is 5.57 Å². The van der Waals surface area contributed by atoms with Crippen LogP contribution in [0.25, 0.3) is 0 Å². The van der Waals surface area contributed by atoms with Crippen LogP contribution in [-0.2, 0) is 0 Å². The minimum absolute atomic E-state index is 0.0388. The van der Waals surface area contributed by atoms with Crippen LogP contribution in [0.4, 0.5) is 4.39 Å². The third kappa shape index (κ3) is 1.78. The third-order valence-electron chi connectivity index (χ3n) is 1.36. The molecule has 1 unspecified atom stereocenters. The van der Waals surface area contributed by atoms with Gasteiger partial charge in [0.25, 0.3) is 0 Å². The molecular weight excluding hydrogens is 230 g/mol. The smallest absolute Gasteiger partial charge is 0.104 e. The monoisotopic (exact) mass is 238 g/mol. The zero-order valence-electron chi connectivity index (χ0n) is 5.20. The summed E-state index contributed by atoms with van der Waals surface area (Å²) in [4.78, 5) is 0. The molecule has 2 heteroatoms. The van der Waals surface area contributed by atoms with E-state index in [0.29, 0.717) is 10.3 Å². The maximum absolute atomic E-state index is 12.7. The fraction of sp³-hybridized carbons (Fsp3) is 0.429. The van der Waals surface area contributed by atoms with E-state index in [1.807, 2.05) is 12.2 Å². The number of hydrogen-bond donors (Lipinski definition) is 0. The minimum Gasteiger partial charge on any atom is -0.211 e. The molecule has 1 aliphatic carbocycles. The van der Waals surface area contributed by atoms with Gasteiger partial charge in [-0.25, -0.2) is 4.39 Å². The molecule has 1 atom stereocenters. The van der Waals surface area contributed by atoms with Crippen LogP contribution >= 0.6 is 22.6 Å². The van der Waals surface area contributed by atoms with Crippen molar-refractivity contribution in [2.75, 3.05) is 0 Å². The van der Waals surface area contributed by atoms with Gasteiger partial charge in [0.1, 0.15) is 5.83 Å². The van der Waals surface area contributed by atoms with Gasteiger partial charge in [-0.1, -0.05) is 34.7 Å². The van der Waals surface area contributed by atoms with Gasteiger partial charge in [0, 0.05) is 10.3 Å². The van der Waals surface area contributed by atoms with Crippen molar-refractivity contribution >= 4 is 22.6 Å². The fourth-order valence-corrected chi connectivity index (χ4v) is 1.33. The summed E-state index contributed by atoms with van der Waals surface area (Å²) in [5.74, 6) is 0.0388. The standard InChI is InChI=1S/C7H8FI/c1-5-2-3-6(9)4-7(5)8/h2-3,6H,4H2,1H3. The minimum atomic E-state index is 0.0388. The van der Waals surface area contributed by atoms with Gasteiger partial charge < -0.3 is 0 Å². The van der Waals surface area contributed by atoms with E-state index in [1.165, 1.54) is 0 Å². The van der Waals surface area contributed by atoms with E-state index >= 15 is 0 Å². The van der Waals surface area contributed by atoms with E-state index < -0.39 is 0 Å². The molecule has 1 aliphatic rings. The molecule has 0 amide bonds. The van der Waals surface area contributed by atoms with Gasteiger partial charge in [-0.15, -0.1) is 0 Å². The van der Waals surface area contributed by atoms with Crippen molar-refractivity contribution in [2.45, 2.75) is 17.3 Å². The molecule has 0 aromatic heterocycles. The van der Waals surface area contributed by atoms with Crippen molar-refractivity contribution in [1.82, 2.24) is 0 Å². The van der Waals surface area contributed by atoms with E-state index in [-0.39, 0.29) is 5.83 Å². The highest BCUT2D eigenvalue weighted by atomic mass is 127. The molecular formula is C7H8FI. The zero-order chi connectivity index (χ0) is 6.85. The van der Waals surface area contributed by atoms with Gasteiger partial charge in [0.2, 0.25) is 0 Å². The second kappa shape index (κ2) is 2.82. The average molecular weight is 238 g/mol. The lowest BCUT2D eigenvalue weighted by atomic mass is 10.1. The van der Waals surface area contributed by atoms with Crippen LogP contribution in [-0.4, -0.2) is 3.92 Å². The van der Waals surface area contributed by atoms with Gasteiger partial charge in [0.05, 0.1) is 0 Å². The second-order valence-corrected chi connectivity index (χ2v) is 3.77. The molecule has 1 rings (SSSR count). The highest BCUT2D eigenvalue weighted by Crippen LogP contribution is 2.24. The Hall–Kier alpha value is 0.140.